The zero-order chi connectivity index (χ0) is 12.1. The van der Waals surface area contributed by atoms with Gasteiger partial charge in [-0.2, -0.15) is 0 Å². The quantitative estimate of drug-likeness (QED) is 0.752. The van der Waals surface area contributed by atoms with Crippen molar-refractivity contribution in [1.82, 2.24) is 5.32 Å². The molecule has 0 saturated heterocycles. The Morgan fingerprint density at radius 1 is 1.44 bits per heavy atom. The van der Waals surface area contributed by atoms with Crippen LogP contribution in [0.5, 0.6) is 0 Å². The lowest BCUT2D eigenvalue weighted by atomic mass is 9.85. The number of hydrogen-bond acceptors (Lipinski definition) is 3. The van der Waals surface area contributed by atoms with Crippen LogP contribution in [0, 0.1) is 5.92 Å². The largest absolute Gasteiger partial charge is 0.481 e. The second-order valence-electron chi connectivity index (χ2n) is 4.79. The van der Waals surface area contributed by atoms with Crippen LogP contribution in [0.3, 0.4) is 0 Å². The van der Waals surface area contributed by atoms with Gasteiger partial charge in [0.2, 0.25) is 0 Å². The minimum Gasteiger partial charge on any atom is -0.481 e. The number of hydrogen-bond donors (Lipinski definition) is 2. The predicted octanol–water partition coefficient (Wildman–Crippen LogP) is 1.64. The fourth-order valence-corrected chi connectivity index (χ4v) is 2.28. The van der Waals surface area contributed by atoms with E-state index in [9.17, 15) is 4.79 Å². The van der Waals surface area contributed by atoms with Gasteiger partial charge in [0.15, 0.2) is 0 Å². The molecule has 1 rings (SSSR count). The molecule has 0 amide bonds. The maximum Gasteiger partial charge on any atom is 0.306 e. The highest BCUT2D eigenvalue weighted by Crippen LogP contribution is 2.24. The van der Waals surface area contributed by atoms with Crippen LogP contribution in [0.25, 0.3) is 0 Å². The van der Waals surface area contributed by atoms with Gasteiger partial charge in [-0.3, -0.25) is 4.79 Å². The Hall–Kier alpha value is -0.610. The number of carboxylic acids is 1. The lowest BCUT2D eigenvalue weighted by molar-refractivity contribution is -0.143. The molecule has 0 spiro atoms. The van der Waals surface area contributed by atoms with Crippen molar-refractivity contribution in [3.8, 4) is 0 Å². The fraction of sp³-hybridized carbons (Fsp3) is 0.917. The summed E-state index contributed by atoms with van der Waals surface area (Å²) >= 11 is 0. The van der Waals surface area contributed by atoms with Gasteiger partial charge in [0.25, 0.3) is 0 Å². The molecule has 4 unspecified atom stereocenters. The summed E-state index contributed by atoms with van der Waals surface area (Å²) in [6.07, 6.45) is 3.80. The van der Waals surface area contributed by atoms with E-state index in [2.05, 4.69) is 12.2 Å². The van der Waals surface area contributed by atoms with Gasteiger partial charge in [-0.1, -0.05) is 6.42 Å². The Balaban J connectivity index is 2.39. The average molecular weight is 229 g/mol. The van der Waals surface area contributed by atoms with Crippen LogP contribution < -0.4 is 5.32 Å². The maximum atomic E-state index is 10.9. The molecule has 4 heteroatoms. The smallest absolute Gasteiger partial charge is 0.306 e. The average Bonchev–Trinajstić information content (AvgIpc) is 2.28. The van der Waals surface area contributed by atoms with E-state index in [4.69, 9.17) is 9.84 Å². The van der Waals surface area contributed by atoms with E-state index in [-0.39, 0.29) is 18.1 Å². The second-order valence-corrected chi connectivity index (χ2v) is 4.79. The number of nitrogens with one attached hydrogen (secondary N) is 1. The minimum absolute atomic E-state index is 0.158. The number of ether oxygens (including phenoxy) is 1. The summed E-state index contributed by atoms with van der Waals surface area (Å²) in [7, 11) is 1.70. The molecule has 0 aromatic heterocycles. The molecule has 1 fully saturated rings. The normalized spacial score (nSPS) is 29.7. The molecule has 1 aliphatic carbocycles. The highest BCUT2D eigenvalue weighted by molar-refractivity contribution is 5.70. The van der Waals surface area contributed by atoms with Crippen LogP contribution >= 0.6 is 0 Å². The molecule has 0 aromatic rings. The van der Waals surface area contributed by atoms with E-state index in [0.29, 0.717) is 6.04 Å². The van der Waals surface area contributed by atoms with Gasteiger partial charge in [0, 0.05) is 19.2 Å². The molecule has 4 atom stereocenters. The number of carboxylic acid groups (broad SMARTS) is 1. The summed E-state index contributed by atoms with van der Waals surface area (Å²) in [5.41, 5.74) is 0. The van der Waals surface area contributed by atoms with Crippen LogP contribution in [0.1, 0.15) is 39.5 Å². The molecule has 94 valence electrons. The van der Waals surface area contributed by atoms with Gasteiger partial charge >= 0.3 is 5.97 Å². The zero-order valence-electron chi connectivity index (χ0n) is 10.4. The van der Waals surface area contributed by atoms with E-state index in [1.165, 1.54) is 0 Å². The highest BCUT2D eigenvalue weighted by atomic mass is 16.5. The van der Waals surface area contributed by atoms with Crippen molar-refractivity contribution in [2.45, 2.75) is 57.7 Å². The van der Waals surface area contributed by atoms with Gasteiger partial charge in [-0.05, 0) is 33.1 Å². The Morgan fingerprint density at radius 2 is 2.12 bits per heavy atom. The summed E-state index contributed by atoms with van der Waals surface area (Å²) in [4.78, 5) is 10.9. The summed E-state index contributed by atoms with van der Waals surface area (Å²) in [6, 6.07) is 0.588. The maximum absolute atomic E-state index is 10.9. The Kier molecular flexibility index (Phi) is 5.22. The second kappa shape index (κ2) is 6.21. The lowest BCUT2D eigenvalue weighted by Crippen LogP contribution is -2.45. The number of carbonyl (C=O) groups is 1. The number of methoxy groups -OCH3 is 1. The number of aliphatic carboxylic acids is 1. The third kappa shape index (κ3) is 3.76. The number of rotatable bonds is 5. The van der Waals surface area contributed by atoms with Crippen molar-refractivity contribution in [3.63, 3.8) is 0 Å². The lowest BCUT2D eigenvalue weighted by Gasteiger charge is -2.31. The van der Waals surface area contributed by atoms with E-state index < -0.39 is 5.97 Å². The first kappa shape index (κ1) is 13.5. The van der Waals surface area contributed by atoms with Gasteiger partial charge < -0.3 is 15.2 Å². The first-order valence-electron chi connectivity index (χ1n) is 6.06. The van der Waals surface area contributed by atoms with Gasteiger partial charge in [0.1, 0.15) is 0 Å². The first-order valence-corrected chi connectivity index (χ1v) is 6.06. The van der Waals surface area contributed by atoms with Crippen LogP contribution in [-0.2, 0) is 9.53 Å². The van der Waals surface area contributed by atoms with Crippen LogP contribution in [0.2, 0.25) is 0 Å². The monoisotopic (exact) mass is 229 g/mol. The first-order chi connectivity index (χ1) is 7.54. The zero-order valence-corrected chi connectivity index (χ0v) is 10.4. The topological polar surface area (TPSA) is 58.6 Å². The molecule has 1 aliphatic rings. The molecule has 2 N–H and O–H groups in total. The predicted molar refractivity (Wildman–Crippen MR) is 62.5 cm³/mol. The molecule has 1 saturated carbocycles. The van der Waals surface area contributed by atoms with Crippen molar-refractivity contribution >= 4 is 5.97 Å². The van der Waals surface area contributed by atoms with Gasteiger partial charge in [-0.15, -0.1) is 0 Å². The van der Waals surface area contributed by atoms with Crippen LogP contribution in [0.15, 0.2) is 0 Å². The summed E-state index contributed by atoms with van der Waals surface area (Å²) in [6.45, 7) is 4.10. The van der Waals surface area contributed by atoms with Crippen molar-refractivity contribution in [2.24, 2.45) is 5.92 Å². The summed E-state index contributed by atoms with van der Waals surface area (Å²) < 4.78 is 5.25. The molecular formula is C12H23NO3. The van der Waals surface area contributed by atoms with Gasteiger partial charge in [0.05, 0.1) is 12.0 Å². The molecule has 0 heterocycles. The molecule has 0 aliphatic heterocycles. The Bertz CT molecular complexity index is 232. The van der Waals surface area contributed by atoms with E-state index in [1.54, 1.807) is 7.11 Å². The van der Waals surface area contributed by atoms with Crippen molar-refractivity contribution < 1.29 is 14.6 Å². The molecule has 0 aromatic carbocycles. The van der Waals surface area contributed by atoms with E-state index in [1.807, 2.05) is 6.92 Å². The fourth-order valence-electron chi connectivity index (χ4n) is 2.28. The van der Waals surface area contributed by atoms with Crippen molar-refractivity contribution in [1.29, 1.82) is 0 Å². The Labute approximate surface area is 97.4 Å². The van der Waals surface area contributed by atoms with Crippen molar-refractivity contribution in [3.05, 3.63) is 0 Å². The molecule has 4 nitrogen and oxygen atoms in total. The van der Waals surface area contributed by atoms with E-state index >= 15 is 0 Å². The highest BCUT2D eigenvalue weighted by Gasteiger charge is 2.28. The molecule has 0 bridgehead atoms. The Morgan fingerprint density at radius 3 is 2.69 bits per heavy atom. The standard InChI is InChI=1S/C12H23NO3/c1-8(9(2)16-3)13-11-6-4-5-10(7-11)12(14)15/h8-11,13H,4-7H2,1-3H3,(H,14,15). The van der Waals surface area contributed by atoms with E-state index in [0.717, 1.165) is 25.7 Å². The third-order valence-electron chi connectivity index (χ3n) is 3.60. The van der Waals surface area contributed by atoms with Crippen LogP contribution in [-0.4, -0.2) is 36.4 Å². The third-order valence-corrected chi connectivity index (χ3v) is 3.60. The summed E-state index contributed by atoms with van der Waals surface area (Å²) in [5, 5.41) is 12.5. The molecular weight excluding hydrogens is 206 g/mol. The minimum atomic E-state index is -0.654. The van der Waals surface area contributed by atoms with Crippen LogP contribution in [0.4, 0.5) is 0 Å². The molecule has 0 radical (unpaired) electrons. The molecule has 16 heavy (non-hydrogen) atoms. The van der Waals surface area contributed by atoms with Crippen molar-refractivity contribution in [2.75, 3.05) is 7.11 Å². The SMILES string of the molecule is COC(C)C(C)NC1CCCC(C(=O)O)C1. The summed E-state index contributed by atoms with van der Waals surface area (Å²) in [5.74, 6) is -0.824. The van der Waals surface area contributed by atoms with Gasteiger partial charge in [-0.25, -0.2) is 0 Å².